The molecule has 1 aliphatic rings. The fourth-order valence-electron chi connectivity index (χ4n) is 4.58. The number of sulfonamides is 1. The Bertz CT molecular complexity index is 1450. The van der Waals surface area contributed by atoms with Crippen molar-refractivity contribution in [3.63, 3.8) is 0 Å². The van der Waals surface area contributed by atoms with Gasteiger partial charge in [0.15, 0.2) is 0 Å². The zero-order valence-corrected chi connectivity index (χ0v) is 20.9. The van der Waals surface area contributed by atoms with Gasteiger partial charge in [-0.05, 0) is 55.5 Å². The molecule has 0 radical (unpaired) electrons. The van der Waals surface area contributed by atoms with Gasteiger partial charge >= 0.3 is 5.97 Å². The first-order valence-electron chi connectivity index (χ1n) is 12.0. The molecule has 1 saturated heterocycles. The molecule has 2 N–H and O–H groups in total. The largest absolute Gasteiger partial charge is 0.481 e. The lowest BCUT2D eigenvalue weighted by Gasteiger charge is -2.24. The van der Waals surface area contributed by atoms with Gasteiger partial charge in [0.2, 0.25) is 15.9 Å². The number of nitrogens with one attached hydrogen (secondary N) is 1. The maximum absolute atomic E-state index is 13.5. The normalized spacial score (nSPS) is 15.7. The highest BCUT2D eigenvalue weighted by atomic mass is 32.2. The molecule has 0 unspecified atom stereocenters. The number of nitriles is 1. The molecule has 0 spiro atoms. The maximum Gasteiger partial charge on any atom is 0.303 e. The number of carboxylic acids is 1. The maximum atomic E-state index is 13.5. The summed E-state index contributed by atoms with van der Waals surface area (Å²) in [4.78, 5) is 24.6. The van der Waals surface area contributed by atoms with Gasteiger partial charge in [-0.3, -0.25) is 9.59 Å². The SMILES string of the molecule is N#Cc1ccccc1-c1ccc(CCCC(=O)O)cc1NC(=O)[C@@H]1CCCN1S(=O)(=O)c1ccccc1. The van der Waals surface area contributed by atoms with Crippen LogP contribution in [0, 0.1) is 11.3 Å². The fourth-order valence-corrected chi connectivity index (χ4v) is 6.26. The lowest BCUT2D eigenvalue weighted by atomic mass is 9.96. The van der Waals surface area contributed by atoms with Crippen molar-refractivity contribution in [3.8, 4) is 17.2 Å². The van der Waals surface area contributed by atoms with Crippen molar-refractivity contribution >= 4 is 27.6 Å². The minimum Gasteiger partial charge on any atom is -0.481 e. The van der Waals surface area contributed by atoms with E-state index in [0.29, 0.717) is 48.1 Å². The molecule has 3 aromatic rings. The minimum absolute atomic E-state index is 0.0229. The van der Waals surface area contributed by atoms with Crippen molar-refractivity contribution in [2.45, 2.75) is 43.0 Å². The fraction of sp³-hybridized carbons (Fsp3) is 0.250. The number of hydrogen-bond acceptors (Lipinski definition) is 5. The first kappa shape index (κ1) is 26.1. The van der Waals surface area contributed by atoms with Gasteiger partial charge in [-0.2, -0.15) is 9.57 Å². The lowest BCUT2D eigenvalue weighted by Crippen LogP contribution is -2.43. The second-order valence-electron chi connectivity index (χ2n) is 8.86. The number of anilines is 1. The standard InChI is InChI=1S/C28H27N3O5S/c29-19-21-9-4-5-12-23(21)24-16-15-20(8-6-14-27(32)33)18-25(24)30-28(34)26-13-7-17-31(26)37(35,36)22-10-2-1-3-11-22/h1-5,9-12,15-16,18,26H,6-8,13-14,17H2,(H,30,34)(H,32,33)/t26-/m0/s1. The summed E-state index contributed by atoms with van der Waals surface area (Å²) >= 11 is 0. The smallest absolute Gasteiger partial charge is 0.303 e. The predicted octanol–water partition coefficient (Wildman–Crippen LogP) is 4.42. The molecule has 0 aromatic heterocycles. The number of carbonyl (C=O) groups excluding carboxylic acids is 1. The van der Waals surface area contributed by atoms with E-state index in [1.54, 1.807) is 54.6 Å². The quantitative estimate of drug-likeness (QED) is 0.432. The van der Waals surface area contributed by atoms with Crippen molar-refractivity contribution in [1.29, 1.82) is 5.26 Å². The Morgan fingerprint density at radius 2 is 1.76 bits per heavy atom. The monoisotopic (exact) mass is 517 g/mol. The van der Waals surface area contributed by atoms with E-state index in [-0.39, 0.29) is 17.9 Å². The van der Waals surface area contributed by atoms with Gasteiger partial charge in [-0.1, -0.05) is 48.5 Å². The highest BCUT2D eigenvalue weighted by Crippen LogP contribution is 2.33. The van der Waals surface area contributed by atoms with Gasteiger partial charge in [0, 0.05) is 29.8 Å². The van der Waals surface area contributed by atoms with Crippen molar-refractivity contribution < 1.29 is 23.1 Å². The Balaban J connectivity index is 1.66. The molecule has 1 atom stereocenters. The summed E-state index contributed by atoms with van der Waals surface area (Å²) in [6.45, 7) is 0.245. The second kappa shape index (κ2) is 11.4. The molecular formula is C28H27N3O5S. The van der Waals surface area contributed by atoms with Gasteiger partial charge in [-0.25, -0.2) is 8.42 Å². The molecule has 37 heavy (non-hydrogen) atoms. The van der Waals surface area contributed by atoms with Crippen LogP contribution in [0.25, 0.3) is 11.1 Å². The molecule has 1 fully saturated rings. The van der Waals surface area contributed by atoms with Gasteiger partial charge in [0.1, 0.15) is 6.04 Å². The zero-order valence-electron chi connectivity index (χ0n) is 20.1. The summed E-state index contributed by atoms with van der Waals surface area (Å²) < 4.78 is 27.8. The summed E-state index contributed by atoms with van der Waals surface area (Å²) in [6, 6.07) is 21.8. The molecule has 9 heteroatoms. The van der Waals surface area contributed by atoms with E-state index in [4.69, 9.17) is 5.11 Å². The van der Waals surface area contributed by atoms with Gasteiger partial charge in [-0.15, -0.1) is 0 Å². The molecule has 4 rings (SSSR count). The third-order valence-electron chi connectivity index (χ3n) is 6.39. The number of carboxylic acid groups (broad SMARTS) is 1. The second-order valence-corrected chi connectivity index (χ2v) is 10.8. The van der Waals surface area contributed by atoms with Crippen LogP contribution in [-0.2, 0) is 26.0 Å². The summed E-state index contributed by atoms with van der Waals surface area (Å²) in [6.07, 6.45) is 1.90. The molecule has 0 aliphatic carbocycles. The number of benzene rings is 3. The first-order valence-corrected chi connectivity index (χ1v) is 13.5. The van der Waals surface area contributed by atoms with Crippen molar-refractivity contribution in [3.05, 3.63) is 83.9 Å². The van der Waals surface area contributed by atoms with Crippen LogP contribution in [0.15, 0.2) is 77.7 Å². The summed E-state index contributed by atoms with van der Waals surface area (Å²) in [7, 11) is -3.85. The average Bonchev–Trinajstić information content (AvgIpc) is 3.41. The molecule has 1 amide bonds. The number of hydrogen-bond donors (Lipinski definition) is 2. The topological polar surface area (TPSA) is 128 Å². The predicted molar refractivity (Wildman–Crippen MR) is 139 cm³/mol. The van der Waals surface area contributed by atoms with E-state index in [2.05, 4.69) is 11.4 Å². The number of nitrogens with zero attached hydrogens (tertiary/aromatic N) is 2. The third-order valence-corrected chi connectivity index (χ3v) is 8.31. The van der Waals surface area contributed by atoms with E-state index in [1.165, 1.54) is 16.4 Å². The minimum atomic E-state index is -3.85. The van der Waals surface area contributed by atoms with Crippen LogP contribution in [-0.4, -0.2) is 42.3 Å². The number of rotatable bonds is 9. The number of amides is 1. The average molecular weight is 518 g/mol. The van der Waals surface area contributed by atoms with Gasteiger partial charge in [0.25, 0.3) is 0 Å². The highest BCUT2D eigenvalue weighted by Gasteiger charge is 2.39. The van der Waals surface area contributed by atoms with Crippen molar-refractivity contribution in [2.75, 3.05) is 11.9 Å². The van der Waals surface area contributed by atoms with E-state index < -0.39 is 27.9 Å². The molecule has 8 nitrogen and oxygen atoms in total. The van der Waals surface area contributed by atoms with Crippen LogP contribution >= 0.6 is 0 Å². The van der Waals surface area contributed by atoms with E-state index in [1.807, 2.05) is 6.07 Å². The van der Waals surface area contributed by atoms with E-state index in [9.17, 15) is 23.3 Å². The molecular weight excluding hydrogens is 490 g/mol. The van der Waals surface area contributed by atoms with Crippen LogP contribution in [0.4, 0.5) is 5.69 Å². The van der Waals surface area contributed by atoms with E-state index in [0.717, 1.165) is 5.56 Å². The van der Waals surface area contributed by atoms with Crippen LogP contribution in [0.2, 0.25) is 0 Å². The van der Waals surface area contributed by atoms with Crippen LogP contribution in [0.3, 0.4) is 0 Å². The lowest BCUT2D eigenvalue weighted by molar-refractivity contribution is -0.137. The molecule has 0 saturated carbocycles. The van der Waals surface area contributed by atoms with Crippen molar-refractivity contribution in [2.24, 2.45) is 0 Å². The molecule has 1 aliphatic heterocycles. The Kier molecular flexibility index (Phi) is 8.01. The zero-order chi connectivity index (χ0) is 26.4. The van der Waals surface area contributed by atoms with Gasteiger partial charge < -0.3 is 10.4 Å². The highest BCUT2D eigenvalue weighted by molar-refractivity contribution is 7.89. The number of aliphatic carboxylic acids is 1. The van der Waals surface area contributed by atoms with Crippen LogP contribution in [0.5, 0.6) is 0 Å². The number of carbonyl (C=O) groups is 2. The van der Waals surface area contributed by atoms with Gasteiger partial charge in [0.05, 0.1) is 16.5 Å². The Hall–Kier alpha value is -4.00. The molecule has 0 bridgehead atoms. The van der Waals surface area contributed by atoms with E-state index >= 15 is 0 Å². The summed E-state index contributed by atoms with van der Waals surface area (Å²) in [5, 5.41) is 21.5. The molecule has 3 aromatic carbocycles. The Morgan fingerprint density at radius 3 is 2.49 bits per heavy atom. The Labute approximate surface area is 216 Å². The summed E-state index contributed by atoms with van der Waals surface area (Å²) in [5.74, 6) is -1.33. The number of aryl methyl sites for hydroxylation is 1. The van der Waals surface area contributed by atoms with Crippen molar-refractivity contribution in [1.82, 2.24) is 4.31 Å². The molecule has 190 valence electrons. The molecule has 1 heterocycles. The van der Waals surface area contributed by atoms with Crippen LogP contribution < -0.4 is 5.32 Å². The summed E-state index contributed by atoms with van der Waals surface area (Å²) in [5.41, 5.74) is 2.98. The third kappa shape index (κ3) is 5.88. The first-order chi connectivity index (χ1) is 17.8. The van der Waals surface area contributed by atoms with Crippen LogP contribution in [0.1, 0.15) is 36.8 Å². The Morgan fingerprint density at radius 1 is 1.03 bits per heavy atom.